The van der Waals surface area contributed by atoms with Gasteiger partial charge in [0.25, 0.3) is 0 Å². The lowest BCUT2D eigenvalue weighted by Gasteiger charge is -2.23. The van der Waals surface area contributed by atoms with Crippen LogP contribution in [0, 0.1) is 0 Å². The van der Waals surface area contributed by atoms with E-state index in [0.717, 1.165) is 4.31 Å². The molecule has 1 aromatic rings. The number of nitrogens with zero attached hydrogens (tertiary/aromatic N) is 2. The van der Waals surface area contributed by atoms with Gasteiger partial charge in [0.05, 0.1) is 19.9 Å². The highest BCUT2D eigenvalue weighted by molar-refractivity contribution is 7.90. The molecule has 0 aliphatic heterocycles. The van der Waals surface area contributed by atoms with Gasteiger partial charge in [-0.3, -0.25) is 4.31 Å². The third-order valence-corrected chi connectivity index (χ3v) is 4.36. The van der Waals surface area contributed by atoms with Gasteiger partial charge in [-0.25, -0.2) is 0 Å². The van der Waals surface area contributed by atoms with Gasteiger partial charge in [0.2, 0.25) is 0 Å². The maximum absolute atomic E-state index is 12.0. The molecule has 0 atom stereocenters. The van der Waals surface area contributed by atoms with E-state index in [2.05, 4.69) is 0 Å². The number of ether oxygens (including phenoxy) is 2. The van der Waals surface area contributed by atoms with E-state index < -0.39 is 10.2 Å². The normalized spacial score (nSPS) is 11.4. The minimum absolute atomic E-state index is 0.482. The number of methoxy groups -OCH3 is 2. The van der Waals surface area contributed by atoms with E-state index in [1.54, 1.807) is 18.2 Å². The van der Waals surface area contributed by atoms with Crippen LogP contribution in [-0.4, -0.2) is 48.1 Å². The first-order valence-electron chi connectivity index (χ1n) is 5.23. The largest absolute Gasteiger partial charge is 0.493 e. The Bertz CT molecular complexity index is 514. The summed E-state index contributed by atoms with van der Waals surface area (Å²) in [6.45, 7) is 0. The Hall–Kier alpha value is -1.47. The van der Waals surface area contributed by atoms with Crippen molar-refractivity contribution in [2.24, 2.45) is 0 Å². The lowest BCUT2D eigenvalue weighted by Crippen LogP contribution is -2.37. The minimum atomic E-state index is -3.50. The molecular formula is C11H18N2O4S. The van der Waals surface area contributed by atoms with Crippen LogP contribution in [0.5, 0.6) is 11.5 Å². The van der Waals surface area contributed by atoms with Crippen LogP contribution in [0.15, 0.2) is 18.2 Å². The summed E-state index contributed by atoms with van der Waals surface area (Å²) in [5, 5.41) is 0. The van der Waals surface area contributed by atoms with Gasteiger partial charge >= 0.3 is 10.2 Å². The smallest absolute Gasteiger partial charge is 0.303 e. The van der Waals surface area contributed by atoms with Crippen LogP contribution >= 0.6 is 0 Å². The Kier molecular flexibility index (Phi) is 4.42. The first kappa shape index (κ1) is 14.6. The molecule has 0 unspecified atom stereocenters. The molecule has 102 valence electrons. The van der Waals surface area contributed by atoms with Crippen LogP contribution in [0.25, 0.3) is 0 Å². The van der Waals surface area contributed by atoms with Crippen molar-refractivity contribution in [1.29, 1.82) is 0 Å². The second kappa shape index (κ2) is 5.45. The van der Waals surface area contributed by atoms with Gasteiger partial charge in [-0.1, -0.05) is 0 Å². The molecule has 0 saturated heterocycles. The molecule has 6 nitrogen and oxygen atoms in total. The predicted molar refractivity (Wildman–Crippen MR) is 70.6 cm³/mol. The van der Waals surface area contributed by atoms with Gasteiger partial charge in [-0.15, -0.1) is 0 Å². The van der Waals surface area contributed by atoms with Crippen LogP contribution in [0.3, 0.4) is 0 Å². The quantitative estimate of drug-likeness (QED) is 0.802. The summed E-state index contributed by atoms with van der Waals surface area (Å²) in [7, 11) is 3.96. The Morgan fingerprint density at radius 2 is 1.56 bits per heavy atom. The molecule has 0 aromatic heterocycles. The standard InChI is InChI=1S/C11H18N2O4S/c1-12(2)18(14,15)13(3)9-6-7-10(16-4)11(8-9)17-5/h6-8H,1-5H3. The van der Waals surface area contributed by atoms with E-state index in [0.29, 0.717) is 17.2 Å². The average molecular weight is 274 g/mol. The number of benzene rings is 1. The predicted octanol–water partition coefficient (Wildman–Crippen LogP) is 0.946. The van der Waals surface area contributed by atoms with E-state index in [4.69, 9.17) is 9.47 Å². The van der Waals surface area contributed by atoms with Crippen LogP contribution < -0.4 is 13.8 Å². The summed E-state index contributed by atoms with van der Waals surface area (Å²) in [5.74, 6) is 1.03. The zero-order valence-electron chi connectivity index (χ0n) is 11.2. The molecule has 1 aromatic carbocycles. The summed E-state index contributed by atoms with van der Waals surface area (Å²) in [6, 6.07) is 4.93. The topological polar surface area (TPSA) is 59.1 Å². The van der Waals surface area contributed by atoms with E-state index in [-0.39, 0.29) is 0 Å². The molecule has 0 N–H and O–H groups in total. The van der Waals surface area contributed by atoms with Gasteiger partial charge in [0, 0.05) is 27.2 Å². The Balaban J connectivity index is 3.19. The Morgan fingerprint density at radius 3 is 2.00 bits per heavy atom. The molecule has 0 amide bonds. The van der Waals surface area contributed by atoms with Crippen molar-refractivity contribution in [1.82, 2.24) is 4.31 Å². The van der Waals surface area contributed by atoms with Gasteiger partial charge < -0.3 is 9.47 Å². The van der Waals surface area contributed by atoms with Crippen molar-refractivity contribution in [2.45, 2.75) is 0 Å². The molecule has 0 aliphatic carbocycles. The summed E-state index contributed by atoms with van der Waals surface area (Å²) < 4.78 is 36.5. The second-order valence-electron chi connectivity index (χ2n) is 3.80. The van der Waals surface area contributed by atoms with Crippen molar-refractivity contribution in [3.05, 3.63) is 18.2 Å². The fourth-order valence-electron chi connectivity index (χ4n) is 1.40. The van der Waals surface area contributed by atoms with Crippen LogP contribution in [0.1, 0.15) is 0 Å². The van der Waals surface area contributed by atoms with Crippen LogP contribution in [-0.2, 0) is 10.2 Å². The third-order valence-electron chi connectivity index (χ3n) is 2.54. The number of hydrogen-bond donors (Lipinski definition) is 0. The molecule has 0 radical (unpaired) electrons. The molecule has 1 rings (SSSR count). The molecule has 0 fully saturated rings. The highest BCUT2D eigenvalue weighted by atomic mass is 32.2. The second-order valence-corrected chi connectivity index (χ2v) is 5.97. The minimum Gasteiger partial charge on any atom is -0.493 e. The van der Waals surface area contributed by atoms with E-state index in [1.165, 1.54) is 39.7 Å². The molecule has 0 aliphatic rings. The average Bonchev–Trinajstić information content (AvgIpc) is 2.36. The van der Waals surface area contributed by atoms with Crippen molar-refractivity contribution in [3.63, 3.8) is 0 Å². The maximum Gasteiger partial charge on any atom is 0.303 e. The molecule has 0 heterocycles. The fourth-order valence-corrected chi connectivity index (χ4v) is 2.27. The van der Waals surface area contributed by atoms with Gasteiger partial charge in [-0.2, -0.15) is 12.7 Å². The van der Waals surface area contributed by atoms with Crippen LogP contribution in [0.4, 0.5) is 5.69 Å². The van der Waals surface area contributed by atoms with Gasteiger partial charge in [0.15, 0.2) is 11.5 Å². The Morgan fingerprint density at radius 1 is 1.00 bits per heavy atom. The number of rotatable bonds is 5. The lowest BCUT2D eigenvalue weighted by molar-refractivity contribution is 0.355. The third kappa shape index (κ3) is 2.68. The summed E-state index contributed by atoms with van der Waals surface area (Å²) in [4.78, 5) is 0. The molecule has 7 heteroatoms. The fraction of sp³-hybridized carbons (Fsp3) is 0.455. The zero-order valence-corrected chi connectivity index (χ0v) is 12.0. The first-order valence-corrected chi connectivity index (χ1v) is 6.62. The van der Waals surface area contributed by atoms with Crippen molar-refractivity contribution in [3.8, 4) is 11.5 Å². The SMILES string of the molecule is COc1ccc(N(C)S(=O)(=O)N(C)C)cc1OC. The van der Waals surface area contributed by atoms with Crippen molar-refractivity contribution in [2.75, 3.05) is 39.7 Å². The van der Waals surface area contributed by atoms with Crippen molar-refractivity contribution >= 4 is 15.9 Å². The van der Waals surface area contributed by atoms with E-state index >= 15 is 0 Å². The van der Waals surface area contributed by atoms with Crippen LogP contribution in [0.2, 0.25) is 0 Å². The zero-order chi connectivity index (χ0) is 13.9. The van der Waals surface area contributed by atoms with E-state index in [9.17, 15) is 8.42 Å². The van der Waals surface area contributed by atoms with E-state index in [1.807, 2.05) is 0 Å². The van der Waals surface area contributed by atoms with Gasteiger partial charge in [-0.05, 0) is 12.1 Å². The summed E-state index contributed by atoms with van der Waals surface area (Å²) in [5.41, 5.74) is 0.501. The summed E-state index contributed by atoms with van der Waals surface area (Å²) in [6.07, 6.45) is 0. The molecule has 0 bridgehead atoms. The highest BCUT2D eigenvalue weighted by Crippen LogP contribution is 2.32. The summed E-state index contributed by atoms with van der Waals surface area (Å²) >= 11 is 0. The monoisotopic (exact) mass is 274 g/mol. The lowest BCUT2D eigenvalue weighted by atomic mass is 10.3. The first-order chi connectivity index (χ1) is 8.34. The number of hydrogen-bond acceptors (Lipinski definition) is 4. The molecule has 0 saturated carbocycles. The number of anilines is 1. The highest BCUT2D eigenvalue weighted by Gasteiger charge is 2.21. The molecule has 18 heavy (non-hydrogen) atoms. The molecule has 0 spiro atoms. The maximum atomic E-state index is 12.0. The van der Waals surface area contributed by atoms with Gasteiger partial charge in [0.1, 0.15) is 0 Å². The molecular weight excluding hydrogens is 256 g/mol. The Labute approximate surface area is 108 Å². The van der Waals surface area contributed by atoms with Crippen molar-refractivity contribution < 1.29 is 17.9 Å².